The smallest absolute Gasteiger partial charge is 0.145 e. The first-order valence-corrected chi connectivity index (χ1v) is 4.92. The molecule has 0 unspecified atom stereocenters. The zero-order chi connectivity index (χ0) is 10.9. The van der Waals surface area contributed by atoms with Gasteiger partial charge < -0.3 is 5.11 Å². The summed E-state index contributed by atoms with van der Waals surface area (Å²) in [5, 5.41) is 9.88. The van der Waals surface area contributed by atoms with E-state index in [1.165, 1.54) is 0 Å². The Morgan fingerprint density at radius 2 is 2.29 bits per heavy atom. The highest BCUT2D eigenvalue weighted by molar-refractivity contribution is 5.88. The van der Waals surface area contributed by atoms with Crippen LogP contribution in [0.15, 0.2) is 24.8 Å². The van der Waals surface area contributed by atoms with Gasteiger partial charge in [-0.1, -0.05) is 18.2 Å². The van der Waals surface area contributed by atoms with Crippen LogP contribution in [0.5, 0.6) is 0 Å². The van der Waals surface area contributed by atoms with Crippen LogP contribution in [0, 0.1) is 11.3 Å². The third kappa shape index (κ3) is 1.67. The van der Waals surface area contributed by atoms with Gasteiger partial charge in [0.15, 0.2) is 0 Å². The van der Waals surface area contributed by atoms with Gasteiger partial charge in [0.1, 0.15) is 5.78 Å². The Bertz CT molecular complexity index is 280. The summed E-state index contributed by atoms with van der Waals surface area (Å²) in [5.74, 6) is 0.199. The fraction of sp³-hybridized carbons (Fsp3) is 0.583. The van der Waals surface area contributed by atoms with Crippen molar-refractivity contribution in [3.8, 4) is 0 Å². The fourth-order valence-electron chi connectivity index (χ4n) is 1.85. The van der Waals surface area contributed by atoms with Crippen LogP contribution in [-0.2, 0) is 4.79 Å². The van der Waals surface area contributed by atoms with Gasteiger partial charge in [-0.05, 0) is 26.2 Å². The molecule has 0 aromatic carbocycles. The van der Waals surface area contributed by atoms with Gasteiger partial charge in [-0.2, -0.15) is 0 Å². The van der Waals surface area contributed by atoms with E-state index in [1.54, 1.807) is 13.0 Å². The first-order valence-electron chi connectivity index (χ1n) is 4.92. The number of hydrogen-bond donors (Lipinski definition) is 1. The first kappa shape index (κ1) is 11.2. The normalized spacial score (nSPS) is 38.1. The van der Waals surface area contributed by atoms with Crippen LogP contribution in [0.25, 0.3) is 0 Å². The molecule has 3 atom stereocenters. The summed E-state index contributed by atoms with van der Waals surface area (Å²) in [7, 11) is 0. The molecule has 0 heterocycles. The zero-order valence-corrected chi connectivity index (χ0v) is 8.92. The summed E-state index contributed by atoms with van der Waals surface area (Å²) in [5.41, 5.74) is 0.217. The molecule has 0 bridgehead atoms. The van der Waals surface area contributed by atoms with E-state index in [1.807, 2.05) is 6.92 Å². The number of Topliss-reactive ketones (excluding diaryl/α,β-unsaturated/α-hetero) is 1. The number of hydrogen-bond acceptors (Lipinski definition) is 2. The molecule has 1 N–H and O–H groups in total. The number of rotatable bonds is 2. The SMILES string of the molecule is C=C[C@]1(C)C(=O)C[C@@H](C(=C)C)C[C@@H]1O. The molecular weight excluding hydrogens is 176 g/mol. The van der Waals surface area contributed by atoms with E-state index in [4.69, 9.17) is 0 Å². The average Bonchev–Trinajstić information content (AvgIpc) is 2.13. The number of carbonyl (C=O) groups excluding carboxylic acids is 1. The molecule has 0 saturated heterocycles. The predicted octanol–water partition coefficient (Wildman–Crippen LogP) is 2.09. The quantitative estimate of drug-likeness (QED) is 0.683. The lowest BCUT2D eigenvalue weighted by atomic mass is 9.67. The van der Waals surface area contributed by atoms with Gasteiger partial charge in [-0.15, -0.1) is 6.58 Å². The summed E-state index contributed by atoms with van der Waals surface area (Å²) < 4.78 is 0. The molecule has 0 spiro atoms. The molecule has 0 aliphatic heterocycles. The van der Waals surface area contributed by atoms with E-state index >= 15 is 0 Å². The topological polar surface area (TPSA) is 37.3 Å². The zero-order valence-electron chi connectivity index (χ0n) is 8.92. The first-order chi connectivity index (χ1) is 6.41. The van der Waals surface area contributed by atoms with Crippen LogP contribution in [0.2, 0.25) is 0 Å². The molecule has 78 valence electrons. The van der Waals surface area contributed by atoms with Crippen molar-refractivity contribution in [2.24, 2.45) is 11.3 Å². The summed E-state index contributed by atoms with van der Waals surface area (Å²) in [6, 6.07) is 0. The molecule has 1 fully saturated rings. The standard InChI is InChI=1S/C12H18O2/c1-5-12(4)10(13)6-9(8(2)3)7-11(12)14/h5,9-10,13H,1-2,6-7H2,3-4H3/t9-,10-,12-/m0/s1. The third-order valence-electron chi connectivity index (χ3n) is 3.35. The minimum Gasteiger partial charge on any atom is -0.392 e. The minimum atomic E-state index is -0.758. The Morgan fingerprint density at radius 1 is 1.71 bits per heavy atom. The monoisotopic (exact) mass is 194 g/mol. The maximum atomic E-state index is 11.8. The summed E-state index contributed by atoms with van der Waals surface area (Å²) in [4.78, 5) is 11.8. The van der Waals surface area contributed by atoms with Crippen LogP contribution in [0.3, 0.4) is 0 Å². The average molecular weight is 194 g/mol. The maximum Gasteiger partial charge on any atom is 0.145 e. The number of aliphatic hydroxyl groups excluding tert-OH is 1. The van der Waals surface area contributed by atoms with E-state index in [0.29, 0.717) is 12.8 Å². The van der Waals surface area contributed by atoms with Gasteiger partial charge in [-0.3, -0.25) is 4.79 Å². The summed E-state index contributed by atoms with van der Waals surface area (Å²) >= 11 is 0. The summed E-state index contributed by atoms with van der Waals surface area (Å²) in [6.07, 6.45) is 2.04. The molecule has 0 amide bonds. The van der Waals surface area contributed by atoms with E-state index in [9.17, 15) is 9.90 Å². The van der Waals surface area contributed by atoms with E-state index in [2.05, 4.69) is 13.2 Å². The van der Waals surface area contributed by atoms with Crippen molar-refractivity contribution in [3.63, 3.8) is 0 Å². The van der Waals surface area contributed by atoms with Gasteiger partial charge in [0.25, 0.3) is 0 Å². The van der Waals surface area contributed by atoms with Crippen molar-refractivity contribution >= 4 is 5.78 Å². The van der Waals surface area contributed by atoms with E-state index in [-0.39, 0.29) is 11.7 Å². The number of carbonyl (C=O) groups is 1. The molecule has 0 aromatic heterocycles. The van der Waals surface area contributed by atoms with Gasteiger partial charge >= 0.3 is 0 Å². The van der Waals surface area contributed by atoms with Crippen molar-refractivity contribution < 1.29 is 9.90 Å². The van der Waals surface area contributed by atoms with Crippen LogP contribution in [0.4, 0.5) is 0 Å². The Hall–Kier alpha value is -0.890. The van der Waals surface area contributed by atoms with Crippen molar-refractivity contribution in [2.75, 3.05) is 0 Å². The highest BCUT2D eigenvalue weighted by atomic mass is 16.3. The second-order valence-electron chi connectivity index (χ2n) is 4.41. The Balaban J connectivity index is 2.88. The van der Waals surface area contributed by atoms with E-state index < -0.39 is 11.5 Å². The Kier molecular flexibility index (Phi) is 2.95. The Labute approximate surface area is 85.3 Å². The van der Waals surface area contributed by atoms with Crippen molar-refractivity contribution in [1.29, 1.82) is 0 Å². The maximum absolute atomic E-state index is 11.8. The predicted molar refractivity (Wildman–Crippen MR) is 56.9 cm³/mol. The van der Waals surface area contributed by atoms with Crippen molar-refractivity contribution in [1.82, 2.24) is 0 Å². The second-order valence-corrected chi connectivity index (χ2v) is 4.41. The van der Waals surface area contributed by atoms with Crippen molar-refractivity contribution in [3.05, 3.63) is 24.8 Å². The van der Waals surface area contributed by atoms with Gasteiger partial charge in [0.05, 0.1) is 11.5 Å². The lowest BCUT2D eigenvalue weighted by Gasteiger charge is -2.38. The molecule has 1 aliphatic rings. The molecular formula is C12H18O2. The second kappa shape index (κ2) is 3.70. The number of aliphatic hydroxyl groups is 1. The van der Waals surface area contributed by atoms with Crippen LogP contribution < -0.4 is 0 Å². The Morgan fingerprint density at radius 3 is 2.64 bits per heavy atom. The van der Waals surface area contributed by atoms with Crippen molar-refractivity contribution in [2.45, 2.75) is 32.8 Å². The van der Waals surface area contributed by atoms with E-state index in [0.717, 1.165) is 5.57 Å². The molecule has 2 heteroatoms. The highest BCUT2D eigenvalue weighted by Crippen LogP contribution is 2.39. The van der Waals surface area contributed by atoms with Crippen LogP contribution in [-0.4, -0.2) is 17.0 Å². The lowest BCUT2D eigenvalue weighted by Crippen LogP contribution is -2.44. The largest absolute Gasteiger partial charge is 0.392 e. The van der Waals surface area contributed by atoms with Crippen LogP contribution in [0.1, 0.15) is 26.7 Å². The molecule has 2 nitrogen and oxygen atoms in total. The van der Waals surface area contributed by atoms with Crippen LogP contribution >= 0.6 is 0 Å². The molecule has 1 aliphatic carbocycles. The van der Waals surface area contributed by atoms with Gasteiger partial charge in [0.2, 0.25) is 0 Å². The minimum absolute atomic E-state index is 0.0688. The van der Waals surface area contributed by atoms with Gasteiger partial charge in [0, 0.05) is 6.42 Å². The van der Waals surface area contributed by atoms with Gasteiger partial charge in [-0.25, -0.2) is 0 Å². The molecule has 1 saturated carbocycles. The summed E-state index contributed by atoms with van der Waals surface area (Å²) in [6.45, 7) is 11.1. The fourth-order valence-corrected chi connectivity index (χ4v) is 1.85. The molecule has 14 heavy (non-hydrogen) atoms. The molecule has 1 rings (SSSR count). The molecule has 0 aromatic rings. The molecule has 0 radical (unpaired) electrons. The highest BCUT2D eigenvalue weighted by Gasteiger charge is 2.43. The third-order valence-corrected chi connectivity index (χ3v) is 3.35. The number of ketones is 1. The number of allylic oxidation sites excluding steroid dienone is 1. The lowest BCUT2D eigenvalue weighted by molar-refractivity contribution is -0.136.